The Hall–Kier alpha value is -0.770. The van der Waals surface area contributed by atoms with Gasteiger partial charge in [-0.05, 0) is 30.7 Å². The first-order valence-corrected chi connectivity index (χ1v) is 7.65. The molecule has 1 atom stereocenters. The van der Waals surface area contributed by atoms with E-state index in [9.17, 15) is 4.39 Å². The van der Waals surface area contributed by atoms with Crippen molar-refractivity contribution in [2.24, 2.45) is 0 Å². The van der Waals surface area contributed by atoms with Gasteiger partial charge in [-0.3, -0.25) is 0 Å². The molecule has 5 heteroatoms. The summed E-state index contributed by atoms with van der Waals surface area (Å²) in [6.45, 7) is 2.49. The summed E-state index contributed by atoms with van der Waals surface area (Å²) in [5.41, 5.74) is 1.11. The molecule has 0 aliphatic heterocycles. The van der Waals surface area contributed by atoms with Crippen molar-refractivity contribution >= 4 is 39.1 Å². The Kier molecular flexibility index (Phi) is 5.30. The van der Waals surface area contributed by atoms with Crippen LogP contribution in [0.3, 0.4) is 0 Å². The maximum atomic E-state index is 14.0. The van der Waals surface area contributed by atoms with Crippen molar-refractivity contribution in [3.63, 3.8) is 0 Å². The molecule has 0 saturated carbocycles. The topological polar surface area (TPSA) is 9.23 Å². The first-order chi connectivity index (χ1) is 9.54. The standard InChI is InChI=1S/C15H12BrCl2FO/c1-2-20-9-6-7-10(12(16)8-9)14(18)11-4-3-5-13(17)15(11)19/h3-8,14H,2H2,1H3. The van der Waals surface area contributed by atoms with Crippen LogP contribution < -0.4 is 4.74 Å². The third kappa shape index (κ3) is 3.27. The average molecular weight is 378 g/mol. The van der Waals surface area contributed by atoms with E-state index in [2.05, 4.69) is 15.9 Å². The van der Waals surface area contributed by atoms with Crippen LogP contribution in [0.15, 0.2) is 40.9 Å². The summed E-state index contributed by atoms with van der Waals surface area (Å²) in [7, 11) is 0. The van der Waals surface area contributed by atoms with Crippen LogP contribution in [0.5, 0.6) is 5.75 Å². The number of halogens is 4. The molecule has 1 unspecified atom stereocenters. The van der Waals surface area contributed by atoms with Gasteiger partial charge < -0.3 is 4.74 Å². The summed E-state index contributed by atoms with van der Waals surface area (Å²) >= 11 is 15.6. The fourth-order valence-electron chi connectivity index (χ4n) is 1.85. The molecule has 0 N–H and O–H groups in total. The van der Waals surface area contributed by atoms with Crippen molar-refractivity contribution in [2.45, 2.75) is 12.3 Å². The Morgan fingerprint density at radius 1 is 1.25 bits per heavy atom. The van der Waals surface area contributed by atoms with Crippen LogP contribution >= 0.6 is 39.1 Å². The lowest BCUT2D eigenvalue weighted by Crippen LogP contribution is -1.99. The second kappa shape index (κ2) is 6.79. The van der Waals surface area contributed by atoms with Crippen LogP contribution in [0.2, 0.25) is 5.02 Å². The highest BCUT2D eigenvalue weighted by molar-refractivity contribution is 9.10. The summed E-state index contributed by atoms with van der Waals surface area (Å²) in [5.74, 6) is 0.244. The van der Waals surface area contributed by atoms with E-state index in [-0.39, 0.29) is 5.02 Å². The first-order valence-electron chi connectivity index (χ1n) is 6.04. The highest BCUT2D eigenvalue weighted by Gasteiger charge is 2.19. The Balaban J connectivity index is 2.38. The predicted molar refractivity (Wildman–Crippen MR) is 84.4 cm³/mol. The number of alkyl halides is 1. The van der Waals surface area contributed by atoms with Crippen molar-refractivity contribution in [3.05, 3.63) is 62.8 Å². The molecule has 0 fully saturated rings. The van der Waals surface area contributed by atoms with Crippen molar-refractivity contribution in [3.8, 4) is 5.75 Å². The lowest BCUT2D eigenvalue weighted by atomic mass is 10.0. The molecular formula is C15H12BrCl2FO. The monoisotopic (exact) mass is 376 g/mol. The third-order valence-electron chi connectivity index (χ3n) is 2.81. The number of hydrogen-bond acceptors (Lipinski definition) is 1. The van der Waals surface area contributed by atoms with Crippen molar-refractivity contribution in [2.75, 3.05) is 6.61 Å². The molecule has 0 saturated heterocycles. The van der Waals surface area contributed by atoms with Crippen molar-refractivity contribution in [1.82, 2.24) is 0 Å². The molecule has 0 aromatic heterocycles. The minimum Gasteiger partial charge on any atom is -0.494 e. The van der Waals surface area contributed by atoms with Gasteiger partial charge in [0.2, 0.25) is 0 Å². The normalized spacial score (nSPS) is 12.2. The van der Waals surface area contributed by atoms with E-state index >= 15 is 0 Å². The predicted octanol–water partition coefficient (Wildman–Crippen LogP) is 5.97. The molecule has 0 bridgehead atoms. The number of ether oxygens (including phenoxy) is 1. The van der Waals surface area contributed by atoms with Gasteiger partial charge in [-0.2, -0.15) is 0 Å². The minimum absolute atomic E-state index is 0.0650. The maximum Gasteiger partial charge on any atom is 0.146 e. The Bertz CT molecular complexity index is 619. The summed E-state index contributed by atoms with van der Waals surface area (Å²) in [5, 5.41) is -0.561. The number of rotatable bonds is 4. The van der Waals surface area contributed by atoms with Crippen LogP contribution in [-0.4, -0.2) is 6.61 Å². The van der Waals surface area contributed by atoms with Gasteiger partial charge in [0.05, 0.1) is 17.0 Å². The molecule has 0 aliphatic carbocycles. The van der Waals surface area contributed by atoms with E-state index in [1.54, 1.807) is 18.2 Å². The van der Waals surface area contributed by atoms with Gasteiger partial charge in [-0.1, -0.05) is 45.7 Å². The summed E-state index contributed by atoms with van der Waals surface area (Å²) in [6.07, 6.45) is 0. The zero-order chi connectivity index (χ0) is 14.7. The highest BCUT2D eigenvalue weighted by Crippen LogP contribution is 2.37. The van der Waals surface area contributed by atoms with E-state index in [0.29, 0.717) is 12.2 Å². The van der Waals surface area contributed by atoms with E-state index in [1.807, 2.05) is 19.1 Å². The minimum atomic E-state index is -0.626. The Morgan fingerprint density at radius 3 is 2.65 bits per heavy atom. The lowest BCUT2D eigenvalue weighted by Gasteiger charge is -2.15. The van der Waals surface area contributed by atoms with E-state index in [0.717, 1.165) is 15.8 Å². The van der Waals surface area contributed by atoms with Crippen LogP contribution in [0, 0.1) is 5.82 Å². The molecule has 2 aromatic rings. The Morgan fingerprint density at radius 2 is 2.00 bits per heavy atom. The second-order valence-electron chi connectivity index (χ2n) is 4.12. The maximum absolute atomic E-state index is 14.0. The molecule has 1 nitrogen and oxygen atoms in total. The van der Waals surface area contributed by atoms with Gasteiger partial charge in [0.15, 0.2) is 0 Å². The molecule has 0 aliphatic rings. The largest absolute Gasteiger partial charge is 0.494 e. The summed E-state index contributed by atoms with van der Waals surface area (Å²) < 4.78 is 20.2. The zero-order valence-electron chi connectivity index (χ0n) is 10.7. The SMILES string of the molecule is CCOc1ccc(C(Cl)c2cccc(Cl)c2F)c(Br)c1. The van der Waals surface area contributed by atoms with Gasteiger partial charge >= 0.3 is 0 Å². The van der Waals surface area contributed by atoms with Gasteiger partial charge in [0, 0.05) is 10.0 Å². The fourth-order valence-corrected chi connectivity index (χ4v) is 3.11. The average Bonchev–Trinajstić information content (AvgIpc) is 2.42. The molecule has 20 heavy (non-hydrogen) atoms. The number of benzene rings is 2. The smallest absolute Gasteiger partial charge is 0.146 e. The molecular weight excluding hydrogens is 366 g/mol. The lowest BCUT2D eigenvalue weighted by molar-refractivity contribution is 0.340. The molecule has 2 aromatic carbocycles. The second-order valence-corrected chi connectivity index (χ2v) is 5.82. The van der Waals surface area contributed by atoms with E-state index in [1.165, 1.54) is 6.07 Å². The molecule has 0 amide bonds. The third-order valence-corrected chi connectivity index (χ3v) is 4.26. The van der Waals surface area contributed by atoms with Gasteiger partial charge in [-0.25, -0.2) is 4.39 Å². The van der Waals surface area contributed by atoms with Gasteiger partial charge in [0.1, 0.15) is 11.6 Å². The van der Waals surface area contributed by atoms with E-state index in [4.69, 9.17) is 27.9 Å². The van der Waals surface area contributed by atoms with E-state index < -0.39 is 11.2 Å². The van der Waals surface area contributed by atoms with Crippen LogP contribution in [0.1, 0.15) is 23.4 Å². The van der Waals surface area contributed by atoms with Gasteiger partial charge in [0.25, 0.3) is 0 Å². The molecule has 0 heterocycles. The number of hydrogen-bond donors (Lipinski definition) is 0. The molecule has 106 valence electrons. The van der Waals surface area contributed by atoms with Crippen molar-refractivity contribution < 1.29 is 9.13 Å². The fraction of sp³-hybridized carbons (Fsp3) is 0.200. The first kappa shape index (κ1) is 15.6. The summed E-state index contributed by atoms with van der Waals surface area (Å²) in [6, 6.07) is 10.2. The van der Waals surface area contributed by atoms with Crippen LogP contribution in [0.4, 0.5) is 4.39 Å². The Labute approximate surface area is 135 Å². The van der Waals surface area contributed by atoms with Crippen molar-refractivity contribution in [1.29, 1.82) is 0 Å². The van der Waals surface area contributed by atoms with Crippen LogP contribution in [0.25, 0.3) is 0 Å². The zero-order valence-corrected chi connectivity index (χ0v) is 13.8. The molecule has 2 rings (SSSR count). The summed E-state index contributed by atoms with van der Waals surface area (Å²) in [4.78, 5) is 0. The molecule has 0 spiro atoms. The van der Waals surface area contributed by atoms with Crippen LogP contribution in [-0.2, 0) is 0 Å². The highest BCUT2D eigenvalue weighted by atomic mass is 79.9. The quantitative estimate of drug-likeness (QED) is 0.596. The van der Waals surface area contributed by atoms with Gasteiger partial charge in [-0.15, -0.1) is 11.6 Å². The molecule has 0 radical (unpaired) electrons.